The first-order chi connectivity index (χ1) is 23.6. The number of likely N-dealkylation sites (N-methyl/N-ethyl adjacent to an activating group) is 1. The monoisotopic (exact) mass is 767 g/mol. The van der Waals surface area contributed by atoms with E-state index in [9.17, 15) is 39.3 Å². The number of aliphatic hydroxyl groups excluding tert-OH is 5. The van der Waals surface area contributed by atoms with Crippen molar-refractivity contribution in [2.45, 2.75) is 49.7 Å². The molecule has 18 nitrogen and oxygen atoms in total. The second-order valence-electron chi connectivity index (χ2n) is 11.4. The van der Waals surface area contributed by atoms with Crippen LogP contribution in [-0.4, -0.2) is 175 Å². The third-order valence-electron chi connectivity index (χ3n) is 7.45. The van der Waals surface area contributed by atoms with E-state index in [1.807, 2.05) is 30.3 Å². The van der Waals surface area contributed by atoms with Crippen LogP contribution in [0.2, 0.25) is 0 Å². The summed E-state index contributed by atoms with van der Waals surface area (Å²) in [6.07, 6.45) is -4.74. The molecule has 0 saturated heterocycles. The molecule has 1 radical (unpaired) electrons. The molecule has 0 heterocycles. The van der Waals surface area contributed by atoms with Gasteiger partial charge >= 0.3 is 40.9 Å². The van der Waals surface area contributed by atoms with Gasteiger partial charge in [0, 0.05) is 31.7 Å². The fourth-order valence-electron chi connectivity index (χ4n) is 4.92. The number of aliphatic hydroxyl groups is 5. The standard InChI is InChI=1S/C25H31N3O9.C7H17NO5.Mn/c29-21(30)14-27(15-22(31)32)12-13-28(16-23(33)34)20(25(36)37)10-3-4-11-26-24(35)19-9-5-7-17-6-1-2-8-18(17)19;1-8-2-4(10)6(12)7(13)5(11)3-9;/h1-2,5-9,20H,3-4,10-16H2,(H,26,35)(H,29,30)(H,31,32)(H,33,34)(H,36,37);4-13H,2-3H2,1H3;/q;;+2/t;4-,5+,6+,7+;/m.0./s1. The van der Waals surface area contributed by atoms with Crippen LogP contribution in [0.25, 0.3) is 10.8 Å². The molecule has 1 amide bonds. The molecular formula is C32H48MnN4O14+2. The predicted molar refractivity (Wildman–Crippen MR) is 178 cm³/mol. The molecule has 0 spiro atoms. The van der Waals surface area contributed by atoms with Crippen molar-refractivity contribution >= 4 is 40.6 Å². The Kier molecular flexibility index (Phi) is 23.4. The Morgan fingerprint density at radius 1 is 0.745 bits per heavy atom. The zero-order chi connectivity index (χ0) is 37.8. The van der Waals surface area contributed by atoms with E-state index in [1.54, 1.807) is 19.2 Å². The van der Waals surface area contributed by atoms with Crippen molar-refractivity contribution < 1.29 is 87.0 Å². The molecular weight excluding hydrogens is 719 g/mol. The van der Waals surface area contributed by atoms with Crippen molar-refractivity contribution in [3.05, 3.63) is 48.0 Å². The number of rotatable bonds is 23. The molecule has 0 fully saturated rings. The quantitative estimate of drug-likeness (QED) is 0.0418. The summed E-state index contributed by atoms with van der Waals surface area (Å²) in [7, 11) is 1.57. The number of carboxylic acid groups (broad SMARTS) is 4. The van der Waals surface area contributed by atoms with E-state index < -0.39 is 80.6 Å². The van der Waals surface area contributed by atoms with E-state index in [0.717, 1.165) is 15.7 Å². The van der Waals surface area contributed by atoms with E-state index >= 15 is 0 Å². The Hall–Kier alpha value is -3.75. The topological polar surface area (TPSA) is 298 Å². The number of nitrogens with zero attached hydrogens (tertiary/aromatic N) is 2. The van der Waals surface area contributed by atoms with E-state index in [1.165, 1.54) is 4.90 Å². The summed E-state index contributed by atoms with van der Waals surface area (Å²) in [5.41, 5.74) is 0.529. The van der Waals surface area contributed by atoms with E-state index in [4.69, 9.17) is 30.6 Å². The number of carboxylic acids is 4. The average molecular weight is 768 g/mol. The summed E-state index contributed by atoms with van der Waals surface area (Å²) in [6, 6.07) is 11.7. The van der Waals surface area contributed by atoms with Gasteiger partial charge in [-0.1, -0.05) is 36.4 Å². The minimum Gasteiger partial charge on any atom is -0.480 e. The molecule has 0 saturated carbocycles. The third-order valence-corrected chi connectivity index (χ3v) is 7.45. The van der Waals surface area contributed by atoms with Gasteiger partial charge in [-0.25, -0.2) is 0 Å². The molecule has 0 aliphatic carbocycles. The van der Waals surface area contributed by atoms with Crippen LogP contribution >= 0.6 is 0 Å². The van der Waals surface area contributed by atoms with Crippen LogP contribution in [0.5, 0.6) is 0 Å². The van der Waals surface area contributed by atoms with Crippen LogP contribution in [-0.2, 0) is 36.2 Å². The maximum atomic E-state index is 12.6. The molecule has 1 unspecified atom stereocenters. The Bertz CT molecular complexity index is 1370. The van der Waals surface area contributed by atoms with Gasteiger partial charge < -0.3 is 56.6 Å². The fraction of sp³-hybridized carbons (Fsp3) is 0.531. The maximum Gasteiger partial charge on any atom is 2.00 e. The molecule has 0 aromatic heterocycles. The van der Waals surface area contributed by atoms with Gasteiger partial charge in [0.25, 0.3) is 5.91 Å². The summed E-state index contributed by atoms with van der Waals surface area (Å²) in [6.45, 7) is -2.34. The van der Waals surface area contributed by atoms with E-state index in [-0.39, 0.29) is 49.0 Å². The first-order valence-corrected chi connectivity index (χ1v) is 15.7. The van der Waals surface area contributed by atoms with Gasteiger partial charge in [0.15, 0.2) is 0 Å². The molecule has 19 heteroatoms. The van der Waals surface area contributed by atoms with Gasteiger partial charge in [0.05, 0.1) is 32.3 Å². The van der Waals surface area contributed by atoms with Crippen LogP contribution in [0.4, 0.5) is 0 Å². The minimum atomic E-state index is -1.55. The molecule has 0 bridgehead atoms. The number of hydrogen-bond acceptors (Lipinski definition) is 13. The van der Waals surface area contributed by atoms with E-state index in [2.05, 4.69) is 10.6 Å². The summed E-state index contributed by atoms with van der Waals surface area (Å²) in [4.78, 5) is 60.1. The van der Waals surface area contributed by atoms with Crippen LogP contribution in [0.15, 0.2) is 42.5 Å². The van der Waals surface area contributed by atoms with Crippen LogP contribution in [0.3, 0.4) is 0 Å². The van der Waals surface area contributed by atoms with Crippen molar-refractivity contribution in [3.8, 4) is 0 Å². The number of nitrogens with one attached hydrogen (secondary N) is 2. The van der Waals surface area contributed by atoms with Crippen LogP contribution in [0, 0.1) is 0 Å². The number of unbranched alkanes of at least 4 members (excludes halogenated alkanes) is 1. The molecule has 0 aliphatic rings. The fourth-order valence-corrected chi connectivity index (χ4v) is 4.92. The van der Waals surface area contributed by atoms with Gasteiger partial charge in [-0.3, -0.25) is 33.8 Å². The molecule has 5 atom stereocenters. The SMILES string of the molecule is CNC[C@H](O)[C@@H](O)[C@H](O)[C@H](O)CO.O=C(O)CN(CCN(CC(=O)O)C(CCCCNC(=O)c1cccc2ccccc12)C(=O)O)CC(=O)O.[Mn+2]. The van der Waals surface area contributed by atoms with E-state index in [0.29, 0.717) is 24.9 Å². The molecule has 51 heavy (non-hydrogen) atoms. The van der Waals surface area contributed by atoms with Crippen molar-refractivity contribution in [2.24, 2.45) is 0 Å². The first-order valence-electron chi connectivity index (χ1n) is 15.7. The third kappa shape index (κ3) is 17.8. The molecule has 2 aromatic rings. The number of amides is 1. The Morgan fingerprint density at radius 3 is 1.86 bits per heavy atom. The van der Waals surface area contributed by atoms with Gasteiger partial charge in [0.2, 0.25) is 0 Å². The maximum absolute atomic E-state index is 12.6. The van der Waals surface area contributed by atoms with Gasteiger partial charge in [0.1, 0.15) is 24.4 Å². The Morgan fingerprint density at radius 2 is 1.31 bits per heavy atom. The van der Waals surface area contributed by atoms with Gasteiger partial charge in [-0.15, -0.1) is 0 Å². The number of carbonyl (C=O) groups is 5. The number of aliphatic carboxylic acids is 4. The number of carbonyl (C=O) groups excluding carboxylic acids is 1. The smallest absolute Gasteiger partial charge is 0.480 e. The summed E-state index contributed by atoms with van der Waals surface area (Å²) >= 11 is 0. The van der Waals surface area contributed by atoms with Gasteiger partial charge in [-0.2, -0.15) is 0 Å². The molecule has 0 aliphatic heterocycles. The van der Waals surface area contributed by atoms with Crippen molar-refractivity contribution in [1.82, 2.24) is 20.4 Å². The largest absolute Gasteiger partial charge is 2.00 e. The van der Waals surface area contributed by atoms with Gasteiger partial charge in [-0.05, 0) is 43.1 Å². The minimum absolute atomic E-state index is 0. The number of benzene rings is 2. The predicted octanol–water partition coefficient (Wildman–Crippen LogP) is -2.31. The molecule has 11 N–H and O–H groups in total. The summed E-state index contributed by atoms with van der Waals surface area (Å²) in [5, 5.41) is 88.9. The Balaban J connectivity index is 0.00000152. The Labute approximate surface area is 304 Å². The normalized spacial score (nSPS) is 14.0. The molecule has 285 valence electrons. The summed E-state index contributed by atoms with van der Waals surface area (Å²) < 4.78 is 0. The first kappa shape index (κ1) is 47.2. The van der Waals surface area contributed by atoms with Crippen molar-refractivity contribution in [2.75, 3.05) is 59.5 Å². The second kappa shape index (κ2) is 25.2. The molecule has 2 aromatic carbocycles. The average Bonchev–Trinajstić information content (AvgIpc) is 3.06. The zero-order valence-electron chi connectivity index (χ0n) is 28.0. The molecule has 2 rings (SSSR count). The van der Waals surface area contributed by atoms with Crippen LogP contribution < -0.4 is 10.6 Å². The van der Waals surface area contributed by atoms with Crippen LogP contribution in [0.1, 0.15) is 29.6 Å². The van der Waals surface area contributed by atoms with Crippen molar-refractivity contribution in [1.29, 1.82) is 0 Å². The summed E-state index contributed by atoms with van der Waals surface area (Å²) in [5.74, 6) is -5.28. The number of fused-ring (bicyclic) bond motifs is 1. The number of hydrogen-bond donors (Lipinski definition) is 11. The zero-order valence-corrected chi connectivity index (χ0v) is 29.2. The van der Waals surface area contributed by atoms with Crippen molar-refractivity contribution in [3.63, 3.8) is 0 Å². The second-order valence-corrected chi connectivity index (χ2v) is 11.4.